The van der Waals surface area contributed by atoms with Crippen LogP contribution in [0.4, 0.5) is 5.69 Å². The Labute approximate surface area is 118 Å². The molecule has 0 heterocycles. The van der Waals surface area contributed by atoms with E-state index < -0.39 is 5.97 Å². The van der Waals surface area contributed by atoms with Gasteiger partial charge in [0.2, 0.25) is 0 Å². The highest BCUT2D eigenvalue weighted by Gasteiger charge is 2.25. The van der Waals surface area contributed by atoms with Gasteiger partial charge in [0.1, 0.15) is 0 Å². The van der Waals surface area contributed by atoms with Gasteiger partial charge in [0.15, 0.2) is 0 Å². The first-order valence-electron chi connectivity index (χ1n) is 6.16. The Balaban J connectivity index is 3.06. The van der Waals surface area contributed by atoms with Gasteiger partial charge in [0.25, 0.3) is 0 Å². The maximum atomic E-state index is 11.2. The number of aliphatic hydroxyl groups excluding tert-OH is 1. The van der Waals surface area contributed by atoms with Crippen LogP contribution in [0.3, 0.4) is 0 Å². The third-order valence-electron chi connectivity index (χ3n) is 3.00. The molecule has 4 nitrogen and oxygen atoms in total. The first-order valence-corrected chi connectivity index (χ1v) is 6.53. The van der Waals surface area contributed by atoms with Crippen LogP contribution < -0.4 is 5.32 Å². The molecule has 0 bridgehead atoms. The number of benzene rings is 1. The van der Waals surface area contributed by atoms with Gasteiger partial charge in [-0.15, -0.1) is 0 Å². The van der Waals surface area contributed by atoms with E-state index in [0.717, 1.165) is 0 Å². The minimum atomic E-state index is -1.03. The Kier molecular flexibility index (Phi) is 5.20. The predicted octanol–water partition coefficient (Wildman–Crippen LogP) is 3.25. The fourth-order valence-corrected chi connectivity index (χ4v) is 2.03. The van der Waals surface area contributed by atoms with Crippen LogP contribution in [-0.2, 0) is 0 Å². The van der Waals surface area contributed by atoms with Gasteiger partial charge in [-0.1, -0.05) is 32.4 Å². The van der Waals surface area contributed by atoms with E-state index in [9.17, 15) is 9.90 Å². The molecular formula is C14H20ClNO3. The smallest absolute Gasteiger partial charge is 0.337 e. The van der Waals surface area contributed by atoms with Gasteiger partial charge in [0, 0.05) is 23.4 Å². The standard InChI is InChI=1S/C14H20ClNO3/c1-14(2,3)12(6-7-17)16-11-5-4-9(15)8-10(11)13(18)19/h4-5,8,12,16-17H,6-7H2,1-3H3,(H,18,19). The van der Waals surface area contributed by atoms with Crippen LogP contribution in [0, 0.1) is 5.41 Å². The van der Waals surface area contributed by atoms with Crippen molar-refractivity contribution in [1.29, 1.82) is 0 Å². The van der Waals surface area contributed by atoms with Crippen LogP contribution in [0.15, 0.2) is 18.2 Å². The lowest BCUT2D eigenvalue weighted by Gasteiger charge is -2.32. The van der Waals surface area contributed by atoms with Gasteiger partial charge in [-0.3, -0.25) is 0 Å². The number of hydrogen-bond donors (Lipinski definition) is 3. The highest BCUT2D eigenvalue weighted by Crippen LogP contribution is 2.28. The lowest BCUT2D eigenvalue weighted by molar-refractivity contribution is 0.0697. The maximum absolute atomic E-state index is 11.2. The zero-order chi connectivity index (χ0) is 14.6. The molecule has 0 saturated heterocycles. The minimum Gasteiger partial charge on any atom is -0.478 e. The molecule has 0 fully saturated rings. The summed E-state index contributed by atoms with van der Waals surface area (Å²) in [7, 11) is 0. The summed E-state index contributed by atoms with van der Waals surface area (Å²) < 4.78 is 0. The molecule has 5 heteroatoms. The van der Waals surface area contributed by atoms with E-state index >= 15 is 0 Å². The molecule has 1 atom stereocenters. The number of hydrogen-bond acceptors (Lipinski definition) is 3. The van der Waals surface area contributed by atoms with Crippen molar-refractivity contribution in [1.82, 2.24) is 0 Å². The lowest BCUT2D eigenvalue weighted by Crippen LogP contribution is -2.35. The van der Waals surface area contributed by atoms with Crippen molar-refractivity contribution in [3.63, 3.8) is 0 Å². The highest BCUT2D eigenvalue weighted by atomic mass is 35.5. The summed E-state index contributed by atoms with van der Waals surface area (Å²) in [4.78, 5) is 11.2. The first kappa shape index (κ1) is 15.8. The Bertz CT molecular complexity index is 454. The SMILES string of the molecule is CC(C)(C)C(CCO)Nc1ccc(Cl)cc1C(=O)O. The Morgan fingerprint density at radius 3 is 2.53 bits per heavy atom. The zero-order valence-electron chi connectivity index (χ0n) is 11.4. The summed E-state index contributed by atoms with van der Waals surface area (Å²) >= 11 is 5.82. The summed E-state index contributed by atoms with van der Waals surface area (Å²) in [5.74, 6) is -1.03. The number of carboxylic acid groups (broad SMARTS) is 1. The summed E-state index contributed by atoms with van der Waals surface area (Å²) in [6.45, 7) is 6.16. The summed E-state index contributed by atoms with van der Waals surface area (Å²) in [5.41, 5.74) is 0.558. The number of aromatic carboxylic acids is 1. The largest absolute Gasteiger partial charge is 0.478 e. The van der Waals surface area contributed by atoms with Gasteiger partial charge in [-0.05, 0) is 30.0 Å². The van der Waals surface area contributed by atoms with Crippen LogP contribution in [-0.4, -0.2) is 28.8 Å². The van der Waals surface area contributed by atoms with Crippen LogP contribution in [0.25, 0.3) is 0 Å². The number of carboxylic acids is 1. The molecule has 0 aliphatic carbocycles. The molecule has 1 aromatic carbocycles. The lowest BCUT2D eigenvalue weighted by atomic mass is 9.84. The number of nitrogens with one attached hydrogen (secondary N) is 1. The van der Waals surface area contributed by atoms with Gasteiger partial charge < -0.3 is 15.5 Å². The fourth-order valence-electron chi connectivity index (χ4n) is 1.86. The monoisotopic (exact) mass is 285 g/mol. The van der Waals surface area contributed by atoms with Crippen molar-refractivity contribution in [2.24, 2.45) is 5.41 Å². The van der Waals surface area contributed by atoms with Gasteiger partial charge in [0.05, 0.1) is 5.56 Å². The zero-order valence-corrected chi connectivity index (χ0v) is 12.2. The molecule has 0 radical (unpaired) electrons. The van der Waals surface area contributed by atoms with E-state index in [0.29, 0.717) is 17.1 Å². The van der Waals surface area contributed by atoms with Crippen molar-refractivity contribution in [3.8, 4) is 0 Å². The molecule has 106 valence electrons. The number of aliphatic hydroxyl groups is 1. The van der Waals surface area contributed by atoms with Crippen molar-refractivity contribution in [2.45, 2.75) is 33.2 Å². The second kappa shape index (κ2) is 6.26. The first-order chi connectivity index (χ1) is 8.75. The number of carbonyl (C=O) groups is 1. The van der Waals surface area contributed by atoms with Crippen LogP contribution in [0.2, 0.25) is 5.02 Å². The highest BCUT2D eigenvalue weighted by molar-refractivity contribution is 6.31. The van der Waals surface area contributed by atoms with E-state index in [1.165, 1.54) is 6.07 Å². The third-order valence-corrected chi connectivity index (χ3v) is 3.24. The van der Waals surface area contributed by atoms with Crippen molar-refractivity contribution < 1.29 is 15.0 Å². The Morgan fingerprint density at radius 2 is 2.05 bits per heavy atom. The molecular weight excluding hydrogens is 266 g/mol. The number of rotatable bonds is 5. The molecule has 1 aromatic rings. The predicted molar refractivity (Wildman–Crippen MR) is 77.0 cm³/mol. The molecule has 0 aromatic heterocycles. The average Bonchev–Trinajstić information content (AvgIpc) is 2.29. The molecule has 0 saturated carbocycles. The van der Waals surface area contributed by atoms with E-state index in [-0.39, 0.29) is 23.6 Å². The Hall–Kier alpha value is -1.26. The van der Waals surface area contributed by atoms with Crippen molar-refractivity contribution in [2.75, 3.05) is 11.9 Å². The van der Waals surface area contributed by atoms with Gasteiger partial charge in [-0.2, -0.15) is 0 Å². The quantitative estimate of drug-likeness (QED) is 0.777. The van der Waals surface area contributed by atoms with E-state index in [1.807, 2.05) is 20.8 Å². The minimum absolute atomic E-state index is 0.0308. The third kappa shape index (κ3) is 4.40. The normalized spacial score (nSPS) is 13.1. The fraction of sp³-hybridized carbons (Fsp3) is 0.500. The number of anilines is 1. The molecule has 0 spiro atoms. The van der Waals surface area contributed by atoms with E-state index in [1.54, 1.807) is 12.1 Å². The second-order valence-electron chi connectivity index (χ2n) is 5.57. The van der Waals surface area contributed by atoms with Crippen LogP contribution in [0.1, 0.15) is 37.6 Å². The second-order valence-corrected chi connectivity index (χ2v) is 6.01. The van der Waals surface area contributed by atoms with E-state index in [2.05, 4.69) is 5.32 Å². The average molecular weight is 286 g/mol. The van der Waals surface area contributed by atoms with Crippen LogP contribution >= 0.6 is 11.6 Å². The maximum Gasteiger partial charge on any atom is 0.337 e. The summed E-state index contributed by atoms with van der Waals surface area (Å²) in [5, 5.41) is 21.9. The molecule has 3 N–H and O–H groups in total. The van der Waals surface area contributed by atoms with E-state index in [4.69, 9.17) is 16.7 Å². The molecule has 0 amide bonds. The number of halogens is 1. The van der Waals surface area contributed by atoms with Crippen molar-refractivity contribution in [3.05, 3.63) is 28.8 Å². The van der Waals surface area contributed by atoms with Crippen molar-refractivity contribution >= 4 is 23.3 Å². The Morgan fingerprint density at radius 1 is 1.42 bits per heavy atom. The topological polar surface area (TPSA) is 69.6 Å². The molecule has 0 aliphatic rings. The molecule has 19 heavy (non-hydrogen) atoms. The molecule has 1 unspecified atom stereocenters. The van der Waals surface area contributed by atoms with Gasteiger partial charge in [-0.25, -0.2) is 4.79 Å². The summed E-state index contributed by atoms with van der Waals surface area (Å²) in [6, 6.07) is 4.69. The van der Waals surface area contributed by atoms with Gasteiger partial charge >= 0.3 is 5.97 Å². The molecule has 0 aliphatic heterocycles. The molecule has 1 rings (SSSR count). The van der Waals surface area contributed by atoms with Crippen LogP contribution in [0.5, 0.6) is 0 Å². The summed E-state index contributed by atoms with van der Waals surface area (Å²) in [6.07, 6.45) is 0.547.